The number of carbonyl (C=O) groups excluding carboxylic acids is 2. The lowest BCUT2D eigenvalue weighted by Gasteiger charge is -2.10. The quantitative estimate of drug-likeness (QED) is 0.607. The van der Waals surface area contributed by atoms with Crippen molar-refractivity contribution < 1.29 is 14.7 Å². The Labute approximate surface area is 149 Å². The van der Waals surface area contributed by atoms with Crippen LogP contribution < -0.4 is 10.6 Å². The van der Waals surface area contributed by atoms with E-state index in [-0.39, 0.29) is 5.75 Å². The van der Waals surface area contributed by atoms with Gasteiger partial charge in [-0.25, -0.2) is 0 Å². The minimum atomic E-state index is -0.812. The van der Waals surface area contributed by atoms with E-state index in [2.05, 4.69) is 10.6 Å². The molecule has 5 nitrogen and oxygen atoms in total. The monoisotopic (exact) mass is 354 g/mol. The normalized spacial score (nSPS) is 10.5. The summed E-state index contributed by atoms with van der Waals surface area (Å²) in [5.41, 5.74) is 1.75. The maximum Gasteiger partial charge on any atom is 0.314 e. The first kappa shape index (κ1) is 16.8. The van der Waals surface area contributed by atoms with Gasteiger partial charge in [0, 0.05) is 27.2 Å². The molecule has 3 N–H and O–H groups in total. The summed E-state index contributed by atoms with van der Waals surface area (Å²) in [4.78, 5) is 24.3. The zero-order valence-corrected chi connectivity index (χ0v) is 14.1. The molecule has 0 aliphatic rings. The molecule has 0 aliphatic carbocycles. The molecular weight excluding hydrogens is 340 g/mol. The highest BCUT2D eigenvalue weighted by Gasteiger charge is 2.16. The summed E-state index contributed by atoms with van der Waals surface area (Å²) in [6.45, 7) is 1.84. The lowest BCUT2D eigenvalue weighted by molar-refractivity contribution is -0.132. The van der Waals surface area contributed by atoms with Gasteiger partial charge in [0.15, 0.2) is 0 Å². The van der Waals surface area contributed by atoms with Gasteiger partial charge in [0.05, 0.1) is 0 Å². The van der Waals surface area contributed by atoms with Crippen LogP contribution in [0.2, 0.25) is 5.02 Å². The van der Waals surface area contributed by atoms with Crippen molar-refractivity contribution in [3.05, 3.63) is 65.2 Å². The highest BCUT2D eigenvalue weighted by Crippen LogP contribution is 2.29. The van der Waals surface area contributed by atoms with E-state index >= 15 is 0 Å². The molecule has 3 aromatic rings. The van der Waals surface area contributed by atoms with E-state index in [1.807, 2.05) is 6.92 Å². The topological polar surface area (TPSA) is 78.4 Å². The molecule has 126 valence electrons. The maximum atomic E-state index is 12.2. The number of phenolic OH excluding ortho intramolecular Hbond substituents is 1. The Kier molecular flexibility index (Phi) is 4.59. The Hall–Kier alpha value is -3.05. The van der Waals surface area contributed by atoms with E-state index in [0.717, 1.165) is 5.56 Å². The van der Waals surface area contributed by atoms with E-state index < -0.39 is 11.8 Å². The average Bonchev–Trinajstić information content (AvgIpc) is 2.59. The fourth-order valence-corrected chi connectivity index (χ4v) is 2.62. The van der Waals surface area contributed by atoms with Crippen molar-refractivity contribution in [2.24, 2.45) is 0 Å². The Morgan fingerprint density at radius 1 is 0.920 bits per heavy atom. The summed E-state index contributed by atoms with van der Waals surface area (Å²) in [6, 6.07) is 15.1. The van der Waals surface area contributed by atoms with Crippen molar-refractivity contribution in [1.82, 2.24) is 0 Å². The standard InChI is InChI=1S/C19H15ClN2O3/c1-11-8-9-12(10-15(11)20)21-18(24)19(25)22-16-6-2-5-14-13(16)4-3-7-17(14)23/h2-10,23H,1H3,(H,21,24)(H,22,25). The average molecular weight is 355 g/mol. The third-order valence-corrected chi connectivity index (χ3v) is 4.19. The second kappa shape index (κ2) is 6.83. The molecule has 0 aromatic heterocycles. The highest BCUT2D eigenvalue weighted by molar-refractivity contribution is 6.44. The number of nitrogens with one attached hydrogen (secondary N) is 2. The van der Waals surface area contributed by atoms with Gasteiger partial charge < -0.3 is 15.7 Å². The zero-order chi connectivity index (χ0) is 18.0. The van der Waals surface area contributed by atoms with Crippen LogP contribution in [0.3, 0.4) is 0 Å². The van der Waals surface area contributed by atoms with Crippen LogP contribution in [0.5, 0.6) is 5.75 Å². The number of rotatable bonds is 2. The molecule has 0 atom stereocenters. The molecule has 2 amide bonds. The van der Waals surface area contributed by atoms with E-state index in [1.165, 1.54) is 0 Å². The number of halogens is 1. The number of hydrogen-bond acceptors (Lipinski definition) is 3. The van der Waals surface area contributed by atoms with Gasteiger partial charge in [0.2, 0.25) is 0 Å². The predicted molar refractivity (Wildman–Crippen MR) is 99.1 cm³/mol. The van der Waals surface area contributed by atoms with E-state index in [1.54, 1.807) is 54.6 Å². The summed E-state index contributed by atoms with van der Waals surface area (Å²) < 4.78 is 0. The molecule has 0 spiro atoms. The molecule has 3 aromatic carbocycles. The number of aromatic hydroxyl groups is 1. The molecule has 0 unspecified atom stereocenters. The maximum absolute atomic E-state index is 12.2. The van der Waals surface area contributed by atoms with Crippen LogP contribution in [0.1, 0.15) is 5.56 Å². The van der Waals surface area contributed by atoms with Crippen molar-refractivity contribution >= 4 is 45.6 Å². The third-order valence-electron chi connectivity index (χ3n) is 3.78. The number of fused-ring (bicyclic) bond motifs is 1. The van der Waals surface area contributed by atoms with Gasteiger partial charge in [-0.15, -0.1) is 0 Å². The Bertz CT molecular complexity index is 986. The largest absolute Gasteiger partial charge is 0.507 e. The van der Waals surface area contributed by atoms with Gasteiger partial charge in [-0.1, -0.05) is 41.9 Å². The van der Waals surface area contributed by atoms with Crippen LogP contribution in [0.15, 0.2) is 54.6 Å². The molecule has 0 aliphatic heterocycles. The molecule has 0 fully saturated rings. The van der Waals surface area contributed by atoms with Gasteiger partial charge >= 0.3 is 11.8 Å². The van der Waals surface area contributed by atoms with Crippen LogP contribution in [0.25, 0.3) is 10.8 Å². The Morgan fingerprint density at radius 3 is 2.36 bits per heavy atom. The molecule has 0 radical (unpaired) electrons. The molecule has 0 heterocycles. The number of phenols is 1. The van der Waals surface area contributed by atoms with E-state index in [9.17, 15) is 14.7 Å². The minimum absolute atomic E-state index is 0.104. The predicted octanol–water partition coefficient (Wildman–Crippen LogP) is 4.08. The third kappa shape index (κ3) is 3.56. The number of aryl methyl sites for hydroxylation is 1. The van der Waals surface area contributed by atoms with Crippen molar-refractivity contribution in [2.75, 3.05) is 10.6 Å². The first-order valence-electron chi connectivity index (χ1n) is 7.55. The van der Waals surface area contributed by atoms with Gasteiger partial charge in [-0.05, 0) is 36.8 Å². The van der Waals surface area contributed by atoms with Gasteiger partial charge in [0.25, 0.3) is 0 Å². The molecule has 25 heavy (non-hydrogen) atoms. The van der Waals surface area contributed by atoms with Gasteiger partial charge in [0.1, 0.15) is 5.75 Å². The molecular formula is C19H15ClN2O3. The second-order valence-electron chi connectivity index (χ2n) is 5.55. The minimum Gasteiger partial charge on any atom is -0.507 e. The van der Waals surface area contributed by atoms with Crippen LogP contribution in [0.4, 0.5) is 11.4 Å². The smallest absolute Gasteiger partial charge is 0.314 e. The van der Waals surface area contributed by atoms with Crippen LogP contribution in [0, 0.1) is 6.92 Å². The lowest BCUT2D eigenvalue weighted by Crippen LogP contribution is -2.29. The zero-order valence-electron chi connectivity index (χ0n) is 13.3. The van der Waals surface area contributed by atoms with Crippen molar-refractivity contribution in [3.63, 3.8) is 0 Å². The summed E-state index contributed by atoms with van der Waals surface area (Å²) in [6.07, 6.45) is 0. The molecule has 0 saturated carbocycles. The van der Waals surface area contributed by atoms with Crippen LogP contribution >= 0.6 is 11.6 Å². The van der Waals surface area contributed by atoms with Gasteiger partial charge in [-0.2, -0.15) is 0 Å². The van der Waals surface area contributed by atoms with Crippen LogP contribution in [-0.2, 0) is 9.59 Å². The van der Waals surface area contributed by atoms with Crippen LogP contribution in [-0.4, -0.2) is 16.9 Å². The summed E-state index contributed by atoms with van der Waals surface area (Å²) in [5, 5.41) is 16.7. The lowest BCUT2D eigenvalue weighted by atomic mass is 10.1. The van der Waals surface area contributed by atoms with Crippen molar-refractivity contribution in [3.8, 4) is 5.75 Å². The first-order chi connectivity index (χ1) is 12.0. The number of benzene rings is 3. The fraction of sp³-hybridized carbons (Fsp3) is 0.0526. The highest BCUT2D eigenvalue weighted by atomic mass is 35.5. The molecule has 6 heteroatoms. The summed E-state index contributed by atoms with van der Waals surface area (Å²) in [5.74, 6) is -1.52. The van der Waals surface area contributed by atoms with Crippen molar-refractivity contribution in [2.45, 2.75) is 6.92 Å². The number of anilines is 2. The van der Waals surface area contributed by atoms with Crippen molar-refractivity contribution in [1.29, 1.82) is 0 Å². The van der Waals surface area contributed by atoms with E-state index in [4.69, 9.17) is 11.6 Å². The molecule has 3 rings (SSSR count). The molecule has 0 saturated heterocycles. The number of amides is 2. The van der Waals surface area contributed by atoms with E-state index in [0.29, 0.717) is 27.2 Å². The Morgan fingerprint density at radius 2 is 1.60 bits per heavy atom. The van der Waals surface area contributed by atoms with Gasteiger partial charge in [-0.3, -0.25) is 9.59 Å². The summed E-state index contributed by atoms with van der Waals surface area (Å²) in [7, 11) is 0. The molecule has 0 bridgehead atoms. The fourth-order valence-electron chi connectivity index (χ4n) is 2.44. The summed E-state index contributed by atoms with van der Waals surface area (Å²) >= 11 is 6.01. The number of hydrogen-bond donors (Lipinski definition) is 3. The SMILES string of the molecule is Cc1ccc(NC(=O)C(=O)Nc2cccc3c(O)cccc23)cc1Cl. The first-order valence-corrected chi connectivity index (χ1v) is 7.92. The Balaban J connectivity index is 1.79. The second-order valence-corrected chi connectivity index (χ2v) is 5.96. The number of carbonyl (C=O) groups is 2.